The Bertz CT molecular complexity index is 327. The number of rotatable bonds is 10. The van der Waals surface area contributed by atoms with Gasteiger partial charge in [-0.1, -0.05) is 51.9 Å². The smallest absolute Gasteiger partial charge is 0.0657 e. The van der Waals surface area contributed by atoms with Crippen LogP contribution in [-0.4, -0.2) is 23.3 Å². The summed E-state index contributed by atoms with van der Waals surface area (Å²) in [6, 6.07) is 0.723. The predicted octanol–water partition coefficient (Wildman–Crippen LogP) is 4.66. The lowest BCUT2D eigenvalue weighted by Crippen LogP contribution is -2.60. The van der Waals surface area contributed by atoms with Gasteiger partial charge in [0.15, 0.2) is 0 Å². The molecule has 128 valence electrons. The average Bonchev–Trinajstić information content (AvgIpc) is 2.46. The van der Waals surface area contributed by atoms with Crippen molar-refractivity contribution in [2.45, 2.75) is 102 Å². The van der Waals surface area contributed by atoms with Crippen molar-refractivity contribution in [3.63, 3.8) is 0 Å². The van der Waals surface area contributed by atoms with Gasteiger partial charge in [0.05, 0.1) is 5.60 Å². The highest BCUT2D eigenvalue weighted by Crippen LogP contribution is 2.55. The molecule has 2 heteroatoms. The Balaban J connectivity index is 1.27. The molecule has 4 fully saturated rings. The summed E-state index contributed by atoms with van der Waals surface area (Å²) in [4.78, 5) is 0. The highest BCUT2D eigenvalue weighted by Gasteiger charge is 2.54. The fourth-order valence-corrected chi connectivity index (χ4v) is 5.84. The molecule has 22 heavy (non-hydrogen) atoms. The molecule has 2 nitrogen and oxygen atoms in total. The van der Waals surface area contributed by atoms with Crippen LogP contribution in [0, 0.1) is 17.8 Å². The summed E-state index contributed by atoms with van der Waals surface area (Å²) in [5, 5.41) is 14.5. The first-order valence-corrected chi connectivity index (χ1v) is 10.2. The molecule has 4 aliphatic rings. The molecule has 4 aliphatic carbocycles. The molecular weight excluding hydrogens is 270 g/mol. The Hall–Kier alpha value is -0.0800. The van der Waals surface area contributed by atoms with E-state index >= 15 is 0 Å². The summed E-state index contributed by atoms with van der Waals surface area (Å²) in [6.07, 6.45) is 17.3. The SMILES string of the molecule is CCCCCCCCCCNC1C2CC3CC1CC(O)(C3)C2. The molecule has 4 bridgehead atoms. The minimum atomic E-state index is -0.271. The van der Waals surface area contributed by atoms with E-state index < -0.39 is 0 Å². The van der Waals surface area contributed by atoms with Crippen molar-refractivity contribution < 1.29 is 5.11 Å². The summed E-state index contributed by atoms with van der Waals surface area (Å²) in [5.41, 5.74) is -0.271. The number of hydrogen-bond acceptors (Lipinski definition) is 2. The maximum Gasteiger partial charge on any atom is 0.0657 e. The van der Waals surface area contributed by atoms with Gasteiger partial charge in [-0.2, -0.15) is 0 Å². The van der Waals surface area contributed by atoms with Gasteiger partial charge in [-0.15, -0.1) is 0 Å². The van der Waals surface area contributed by atoms with Gasteiger partial charge in [-0.25, -0.2) is 0 Å². The molecule has 0 aromatic heterocycles. The van der Waals surface area contributed by atoms with Crippen molar-refractivity contribution in [1.29, 1.82) is 0 Å². The second-order valence-corrected chi connectivity index (χ2v) is 8.65. The lowest BCUT2D eigenvalue weighted by atomic mass is 9.52. The third-order valence-corrected chi connectivity index (χ3v) is 6.65. The first-order valence-electron chi connectivity index (χ1n) is 10.2. The molecule has 2 atom stereocenters. The summed E-state index contributed by atoms with van der Waals surface area (Å²) in [6.45, 7) is 3.49. The summed E-state index contributed by atoms with van der Waals surface area (Å²) < 4.78 is 0. The van der Waals surface area contributed by atoms with Crippen LogP contribution in [0.2, 0.25) is 0 Å². The fraction of sp³-hybridized carbons (Fsp3) is 1.00. The van der Waals surface area contributed by atoms with Gasteiger partial charge in [-0.05, 0) is 62.8 Å². The first kappa shape index (κ1) is 16.8. The van der Waals surface area contributed by atoms with E-state index in [-0.39, 0.29) is 5.60 Å². The summed E-state index contributed by atoms with van der Waals surface area (Å²) >= 11 is 0. The number of nitrogens with one attached hydrogen (secondary N) is 1. The quantitative estimate of drug-likeness (QED) is 0.575. The molecule has 0 amide bonds. The lowest BCUT2D eigenvalue weighted by Gasteiger charge is -2.58. The van der Waals surface area contributed by atoms with Crippen LogP contribution in [0.1, 0.15) is 90.4 Å². The molecule has 4 saturated carbocycles. The molecule has 2 N–H and O–H groups in total. The van der Waals surface area contributed by atoms with Crippen molar-refractivity contribution in [3.05, 3.63) is 0 Å². The third-order valence-electron chi connectivity index (χ3n) is 6.65. The molecule has 0 radical (unpaired) electrons. The van der Waals surface area contributed by atoms with Crippen molar-refractivity contribution in [2.24, 2.45) is 17.8 Å². The van der Waals surface area contributed by atoms with Crippen LogP contribution in [-0.2, 0) is 0 Å². The van der Waals surface area contributed by atoms with E-state index in [9.17, 15) is 5.11 Å². The van der Waals surface area contributed by atoms with Crippen molar-refractivity contribution in [1.82, 2.24) is 5.32 Å². The number of unbranched alkanes of at least 4 members (excludes halogenated alkanes) is 7. The van der Waals surface area contributed by atoms with Gasteiger partial charge in [0.2, 0.25) is 0 Å². The normalized spacial score (nSPS) is 39.5. The van der Waals surface area contributed by atoms with E-state index in [1.54, 1.807) is 0 Å². The van der Waals surface area contributed by atoms with E-state index in [0.29, 0.717) is 0 Å². The molecule has 4 rings (SSSR count). The molecule has 0 aliphatic heterocycles. The molecule has 0 saturated heterocycles. The molecule has 0 spiro atoms. The van der Waals surface area contributed by atoms with E-state index in [1.165, 1.54) is 70.8 Å². The van der Waals surface area contributed by atoms with E-state index in [1.807, 2.05) is 0 Å². The van der Waals surface area contributed by atoms with E-state index in [4.69, 9.17) is 0 Å². The number of hydrogen-bond donors (Lipinski definition) is 2. The molecule has 0 heterocycles. The minimum absolute atomic E-state index is 0.271. The van der Waals surface area contributed by atoms with Gasteiger partial charge >= 0.3 is 0 Å². The van der Waals surface area contributed by atoms with Crippen molar-refractivity contribution in [2.75, 3.05) is 6.54 Å². The largest absolute Gasteiger partial charge is 0.390 e. The Labute approximate surface area is 137 Å². The molecule has 2 unspecified atom stereocenters. The van der Waals surface area contributed by atoms with E-state index in [2.05, 4.69) is 12.2 Å². The molecule has 0 aromatic carbocycles. The molecular formula is C20H37NO. The first-order chi connectivity index (χ1) is 10.7. The number of aliphatic hydroxyl groups is 1. The second-order valence-electron chi connectivity index (χ2n) is 8.65. The Kier molecular flexibility index (Phi) is 5.84. The fourth-order valence-electron chi connectivity index (χ4n) is 5.84. The van der Waals surface area contributed by atoms with Crippen LogP contribution in [0.15, 0.2) is 0 Å². The second kappa shape index (κ2) is 7.66. The standard InChI is InChI=1S/C20H37NO/c1-2-3-4-5-6-7-8-9-10-21-19-17-11-16-12-18(19)15-20(22,13-16)14-17/h16-19,21-22H,2-15H2,1H3. The topological polar surface area (TPSA) is 32.3 Å². The Morgan fingerprint density at radius 2 is 1.45 bits per heavy atom. The maximum atomic E-state index is 10.6. The van der Waals surface area contributed by atoms with Crippen LogP contribution in [0.25, 0.3) is 0 Å². The Morgan fingerprint density at radius 1 is 0.864 bits per heavy atom. The van der Waals surface area contributed by atoms with Gasteiger partial charge < -0.3 is 10.4 Å². The third kappa shape index (κ3) is 4.06. The van der Waals surface area contributed by atoms with Crippen molar-refractivity contribution >= 4 is 0 Å². The van der Waals surface area contributed by atoms with Gasteiger partial charge in [0, 0.05) is 6.04 Å². The van der Waals surface area contributed by atoms with Gasteiger partial charge in [0.25, 0.3) is 0 Å². The van der Waals surface area contributed by atoms with Crippen LogP contribution in [0.4, 0.5) is 0 Å². The predicted molar refractivity (Wildman–Crippen MR) is 92.9 cm³/mol. The van der Waals surface area contributed by atoms with Crippen LogP contribution in [0.5, 0.6) is 0 Å². The summed E-state index contributed by atoms with van der Waals surface area (Å²) in [5.74, 6) is 2.37. The maximum absolute atomic E-state index is 10.6. The average molecular weight is 308 g/mol. The van der Waals surface area contributed by atoms with Crippen molar-refractivity contribution in [3.8, 4) is 0 Å². The van der Waals surface area contributed by atoms with Crippen LogP contribution in [0.3, 0.4) is 0 Å². The highest BCUT2D eigenvalue weighted by molar-refractivity contribution is 5.07. The Morgan fingerprint density at radius 3 is 2.05 bits per heavy atom. The van der Waals surface area contributed by atoms with Gasteiger partial charge in [0.1, 0.15) is 0 Å². The van der Waals surface area contributed by atoms with Crippen LogP contribution >= 0.6 is 0 Å². The lowest BCUT2D eigenvalue weighted by molar-refractivity contribution is -0.138. The zero-order valence-corrected chi connectivity index (χ0v) is 14.7. The highest BCUT2D eigenvalue weighted by atomic mass is 16.3. The van der Waals surface area contributed by atoms with Crippen LogP contribution < -0.4 is 5.32 Å². The minimum Gasteiger partial charge on any atom is -0.390 e. The monoisotopic (exact) mass is 307 g/mol. The zero-order chi connectivity index (χ0) is 15.4. The zero-order valence-electron chi connectivity index (χ0n) is 14.7. The summed E-state index contributed by atoms with van der Waals surface area (Å²) in [7, 11) is 0. The molecule has 0 aromatic rings. The van der Waals surface area contributed by atoms with Gasteiger partial charge in [-0.3, -0.25) is 0 Å². The van der Waals surface area contributed by atoms with E-state index in [0.717, 1.165) is 43.1 Å².